The van der Waals surface area contributed by atoms with Gasteiger partial charge in [-0.05, 0) is 51.5 Å². The molecule has 2 fully saturated rings. The molecule has 1 aromatic carbocycles. The zero-order valence-corrected chi connectivity index (χ0v) is 16.1. The molecule has 2 atom stereocenters. The van der Waals surface area contributed by atoms with E-state index in [9.17, 15) is 9.90 Å². The predicted octanol–water partition coefficient (Wildman–Crippen LogP) is 4.95. The van der Waals surface area contributed by atoms with E-state index in [1.54, 1.807) is 13.8 Å². The highest BCUT2D eigenvalue weighted by molar-refractivity contribution is 5.73. The Hall–Kier alpha value is -1.39. The minimum Gasteiger partial charge on any atom is -0.481 e. The van der Waals surface area contributed by atoms with Crippen LogP contribution in [0.1, 0.15) is 70.8 Å². The van der Waals surface area contributed by atoms with Crippen LogP contribution in [0, 0.1) is 5.41 Å². The Bertz CT molecular complexity index is 589. The first kappa shape index (κ1) is 19.4. The lowest BCUT2D eigenvalue weighted by Gasteiger charge is -2.32. The predicted molar refractivity (Wildman–Crippen MR) is 101 cm³/mol. The molecule has 1 saturated heterocycles. The Morgan fingerprint density at radius 2 is 1.77 bits per heavy atom. The lowest BCUT2D eigenvalue weighted by atomic mass is 9.86. The molecule has 1 aliphatic carbocycles. The number of carboxylic acid groups (broad SMARTS) is 1. The molecule has 4 heteroatoms. The van der Waals surface area contributed by atoms with Gasteiger partial charge in [0.25, 0.3) is 0 Å². The standard InChI is InChI=1S/C22H32O4/c1-21(2,20(23)24)13-9-12-18-19(16-17-10-5-3-6-11-17)26-22(25-18)14-7-4-8-15-22/h3,5-6,10-11,18-19H,4,7-9,12-16H2,1-2H3,(H,23,24)/t18-,19-/m0/s1. The van der Waals surface area contributed by atoms with Crippen molar-refractivity contribution in [3.05, 3.63) is 35.9 Å². The molecule has 2 aliphatic rings. The van der Waals surface area contributed by atoms with Gasteiger partial charge in [-0.25, -0.2) is 0 Å². The van der Waals surface area contributed by atoms with Crippen molar-refractivity contribution in [3.63, 3.8) is 0 Å². The van der Waals surface area contributed by atoms with Gasteiger partial charge in [0.2, 0.25) is 0 Å². The maximum Gasteiger partial charge on any atom is 0.309 e. The van der Waals surface area contributed by atoms with E-state index in [2.05, 4.69) is 24.3 Å². The second-order valence-corrected chi connectivity index (χ2v) is 8.55. The van der Waals surface area contributed by atoms with E-state index in [0.29, 0.717) is 6.42 Å². The van der Waals surface area contributed by atoms with Crippen LogP contribution in [0.5, 0.6) is 0 Å². The Morgan fingerprint density at radius 3 is 2.42 bits per heavy atom. The molecular weight excluding hydrogens is 328 g/mol. The summed E-state index contributed by atoms with van der Waals surface area (Å²) in [5.74, 6) is -1.13. The van der Waals surface area contributed by atoms with Gasteiger partial charge >= 0.3 is 5.97 Å². The third kappa shape index (κ3) is 4.66. The number of benzene rings is 1. The van der Waals surface area contributed by atoms with E-state index in [0.717, 1.165) is 44.9 Å². The van der Waals surface area contributed by atoms with E-state index in [1.807, 2.05) is 6.07 Å². The van der Waals surface area contributed by atoms with Gasteiger partial charge in [0.15, 0.2) is 5.79 Å². The third-order valence-corrected chi connectivity index (χ3v) is 5.91. The SMILES string of the molecule is CC(C)(CCC[C@@H]1OC2(CCCCC2)O[C@H]1Cc1ccccc1)C(=O)O. The topological polar surface area (TPSA) is 55.8 Å². The van der Waals surface area contributed by atoms with Crippen molar-refractivity contribution >= 4 is 5.97 Å². The first-order chi connectivity index (χ1) is 12.4. The Morgan fingerprint density at radius 1 is 1.12 bits per heavy atom. The first-order valence-corrected chi connectivity index (χ1v) is 10.0. The number of carboxylic acids is 1. The van der Waals surface area contributed by atoms with Crippen LogP contribution in [0.2, 0.25) is 0 Å². The van der Waals surface area contributed by atoms with Crippen molar-refractivity contribution < 1.29 is 19.4 Å². The fourth-order valence-corrected chi connectivity index (χ4v) is 4.17. The van der Waals surface area contributed by atoms with Crippen LogP contribution in [0.3, 0.4) is 0 Å². The molecular formula is C22H32O4. The number of ether oxygens (including phenoxy) is 2. The smallest absolute Gasteiger partial charge is 0.309 e. The maximum absolute atomic E-state index is 11.3. The summed E-state index contributed by atoms with van der Waals surface area (Å²) in [5.41, 5.74) is 0.585. The minimum atomic E-state index is -0.731. The van der Waals surface area contributed by atoms with Crippen LogP contribution in [-0.4, -0.2) is 29.1 Å². The Kier molecular flexibility index (Phi) is 6.03. The summed E-state index contributed by atoms with van der Waals surface area (Å²) in [6.07, 6.45) is 8.88. The molecule has 144 valence electrons. The quantitative estimate of drug-likeness (QED) is 0.747. The zero-order chi connectivity index (χ0) is 18.6. The van der Waals surface area contributed by atoms with E-state index in [1.165, 1.54) is 12.0 Å². The summed E-state index contributed by atoms with van der Waals surface area (Å²) in [6.45, 7) is 3.59. The van der Waals surface area contributed by atoms with Gasteiger partial charge in [-0.3, -0.25) is 4.79 Å². The number of hydrogen-bond acceptors (Lipinski definition) is 3. The molecule has 1 heterocycles. The van der Waals surface area contributed by atoms with Crippen LogP contribution in [-0.2, 0) is 20.7 Å². The van der Waals surface area contributed by atoms with Crippen LogP contribution in [0.15, 0.2) is 30.3 Å². The second kappa shape index (κ2) is 8.10. The lowest BCUT2D eigenvalue weighted by molar-refractivity contribution is -0.194. The van der Waals surface area contributed by atoms with Crippen molar-refractivity contribution in [2.24, 2.45) is 5.41 Å². The third-order valence-electron chi connectivity index (χ3n) is 5.91. The Balaban J connectivity index is 1.64. The number of aliphatic carboxylic acids is 1. The molecule has 1 N–H and O–H groups in total. The summed E-state index contributed by atoms with van der Waals surface area (Å²) < 4.78 is 13.0. The molecule has 26 heavy (non-hydrogen) atoms. The summed E-state index contributed by atoms with van der Waals surface area (Å²) >= 11 is 0. The molecule has 0 radical (unpaired) electrons. The zero-order valence-electron chi connectivity index (χ0n) is 16.1. The van der Waals surface area contributed by atoms with Gasteiger partial charge in [-0.1, -0.05) is 36.8 Å². The molecule has 1 spiro atoms. The molecule has 1 saturated carbocycles. The van der Waals surface area contributed by atoms with Crippen LogP contribution < -0.4 is 0 Å². The lowest BCUT2D eigenvalue weighted by Crippen LogP contribution is -2.33. The molecule has 0 amide bonds. The number of carbonyl (C=O) groups is 1. The van der Waals surface area contributed by atoms with Gasteiger partial charge in [0.05, 0.1) is 17.6 Å². The fourth-order valence-electron chi connectivity index (χ4n) is 4.17. The van der Waals surface area contributed by atoms with Gasteiger partial charge < -0.3 is 14.6 Å². The Labute approximate surface area is 156 Å². The monoisotopic (exact) mass is 360 g/mol. The summed E-state index contributed by atoms with van der Waals surface area (Å²) in [5, 5.41) is 9.32. The van der Waals surface area contributed by atoms with Gasteiger partial charge in [0, 0.05) is 19.3 Å². The minimum absolute atomic E-state index is 0.0536. The highest BCUT2D eigenvalue weighted by Gasteiger charge is 2.47. The summed E-state index contributed by atoms with van der Waals surface area (Å²) in [6, 6.07) is 10.4. The summed E-state index contributed by atoms with van der Waals surface area (Å²) in [7, 11) is 0. The largest absolute Gasteiger partial charge is 0.481 e. The van der Waals surface area contributed by atoms with Crippen molar-refractivity contribution in [2.75, 3.05) is 0 Å². The second-order valence-electron chi connectivity index (χ2n) is 8.55. The van der Waals surface area contributed by atoms with Crippen molar-refractivity contribution in [1.29, 1.82) is 0 Å². The van der Waals surface area contributed by atoms with E-state index in [4.69, 9.17) is 9.47 Å². The molecule has 1 aromatic rings. The van der Waals surface area contributed by atoms with Crippen molar-refractivity contribution in [1.82, 2.24) is 0 Å². The van der Waals surface area contributed by atoms with Crippen molar-refractivity contribution in [3.8, 4) is 0 Å². The average molecular weight is 360 g/mol. The van der Waals surface area contributed by atoms with Crippen LogP contribution in [0.4, 0.5) is 0 Å². The number of hydrogen-bond donors (Lipinski definition) is 1. The number of rotatable bonds is 7. The van der Waals surface area contributed by atoms with Gasteiger partial charge in [-0.15, -0.1) is 0 Å². The van der Waals surface area contributed by atoms with E-state index >= 15 is 0 Å². The maximum atomic E-state index is 11.3. The molecule has 3 rings (SSSR count). The molecule has 1 aliphatic heterocycles. The van der Waals surface area contributed by atoms with Gasteiger partial charge in [-0.2, -0.15) is 0 Å². The highest BCUT2D eigenvalue weighted by atomic mass is 16.8. The molecule has 4 nitrogen and oxygen atoms in total. The van der Waals surface area contributed by atoms with Crippen molar-refractivity contribution in [2.45, 2.75) is 89.6 Å². The van der Waals surface area contributed by atoms with Gasteiger partial charge in [0.1, 0.15) is 0 Å². The van der Waals surface area contributed by atoms with E-state index in [-0.39, 0.29) is 12.2 Å². The molecule has 0 unspecified atom stereocenters. The first-order valence-electron chi connectivity index (χ1n) is 10.0. The van der Waals surface area contributed by atoms with Crippen LogP contribution in [0.25, 0.3) is 0 Å². The summed E-state index contributed by atoms with van der Waals surface area (Å²) in [4.78, 5) is 11.3. The average Bonchev–Trinajstić information content (AvgIpc) is 2.93. The molecule has 0 bridgehead atoms. The fraction of sp³-hybridized carbons (Fsp3) is 0.682. The highest BCUT2D eigenvalue weighted by Crippen LogP contribution is 2.42. The van der Waals surface area contributed by atoms with Crippen LogP contribution >= 0.6 is 0 Å². The normalized spacial score (nSPS) is 25.5. The molecule has 0 aromatic heterocycles. The van der Waals surface area contributed by atoms with E-state index < -0.39 is 17.2 Å².